The zero-order valence-electron chi connectivity index (χ0n) is 10.3. The first-order valence-corrected chi connectivity index (χ1v) is 6.37. The summed E-state index contributed by atoms with van der Waals surface area (Å²) in [5.41, 5.74) is 1.20. The molecule has 3 heteroatoms. The average molecular weight is 236 g/mol. The highest BCUT2D eigenvalue weighted by atomic mass is 17.2. The molecular formula is C14H20O3. The third-order valence-corrected chi connectivity index (χ3v) is 3.24. The van der Waals surface area contributed by atoms with Crippen LogP contribution in [0, 0.1) is 0 Å². The molecule has 3 nitrogen and oxygen atoms in total. The minimum absolute atomic E-state index is 0.567. The van der Waals surface area contributed by atoms with Crippen LogP contribution < -0.4 is 4.89 Å². The minimum atomic E-state index is -0.908. The van der Waals surface area contributed by atoms with E-state index in [1.165, 1.54) is 44.6 Å². The van der Waals surface area contributed by atoms with Crippen LogP contribution in [-0.4, -0.2) is 11.4 Å². The van der Waals surface area contributed by atoms with Crippen molar-refractivity contribution in [3.63, 3.8) is 0 Å². The van der Waals surface area contributed by atoms with Crippen LogP contribution in [0.15, 0.2) is 24.3 Å². The van der Waals surface area contributed by atoms with Gasteiger partial charge in [-0.25, -0.2) is 0 Å². The first-order chi connectivity index (χ1) is 8.27. The summed E-state index contributed by atoms with van der Waals surface area (Å²) in [5.74, 6) is 1.30. The van der Waals surface area contributed by atoms with Gasteiger partial charge in [0.25, 0.3) is 0 Å². The Morgan fingerprint density at radius 2 is 1.88 bits per heavy atom. The van der Waals surface area contributed by atoms with Crippen molar-refractivity contribution in [2.45, 2.75) is 51.2 Å². The standard InChI is InChI=1S/C14H20O3/c1-11(15)16-17-14-10-6-5-9-13(14)12-7-3-2-4-8-12/h5-6,9-12,15H,2-4,7-8H2,1H3. The van der Waals surface area contributed by atoms with E-state index in [1.54, 1.807) is 0 Å². The Hall–Kier alpha value is -1.06. The maximum absolute atomic E-state index is 9.07. The smallest absolute Gasteiger partial charge is 0.197 e. The zero-order valence-corrected chi connectivity index (χ0v) is 10.3. The second kappa shape index (κ2) is 6.03. The van der Waals surface area contributed by atoms with E-state index in [0.717, 1.165) is 5.75 Å². The molecule has 0 bridgehead atoms. The molecule has 0 heterocycles. The van der Waals surface area contributed by atoms with Crippen molar-refractivity contribution in [3.8, 4) is 5.75 Å². The van der Waals surface area contributed by atoms with E-state index in [-0.39, 0.29) is 0 Å². The van der Waals surface area contributed by atoms with Gasteiger partial charge in [0.1, 0.15) is 0 Å². The van der Waals surface area contributed by atoms with Gasteiger partial charge in [0.2, 0.25) is 0 Å². The maximum atomic E-state index is 9.07. The molecule has 1 aromatic rings. The van der Waals surface area contributed by atoms with Crippen molar-refractivity contribution in [2.24, 2.45) is 0 Å². The van der Waals surface area contributed by atoms with E-state index in [4.69, 9.17) is 14.9 Å². The molecule has 1 unspecified atom stereocenters. The van der Waals surface area contributed by atoms with Gasteiger partial charge in [-0.3, -0.25) is 0 Å². The van der Waals surface area contributed by atoms with E-state index < -0.39 is 6.29 Å². The highest BCUT2D eigenvalue weighted by molar-refractivity contribution is 5.36. The van der Waals surface area contributed by atoms with E-state index in [1.807, 2.05) is 18.2 Å². The van der Waals surface area contributed by atoms with Gasteiger partial charge in [-0.15, -0.1) is 0 Å². The third-order valence-electron chi connectivity index (χ3n) is 3.24. The number of hydrogen-bond donors (Lipinski definition) is 1. The van der Waals surface area contributed by atoms with Crippen LogP contribution in [0.5, 0.6) is 5.75 Å². The predicted molar refractivity (Wildman–Crippen MR) is 65.7 cm³/mol. The van der Waals surface area contributed by atoms with E-state index in [0.29, 0.717) is 5.92 Å². The van der Waals surface area contributed by atoms with Gasteiger partial charge < -0.3 is 9.99 Å². The summed E-state index contributed by atoms with van der Waals surface area (Å²) < 4.78 is 0. The fourth-order valence-corrected chi connectivity index (χ4v) is 2.43. The molecule has 17 heavy (non-hydrogen) atoms. The molecule has 2 rings (SSSR count). The monoisotopic (exact) mass is 236 g/mol. The lowest BCUT2D eigenvalue weighted by Gasteiger charge is -2.23. The third kappa shape index (κ3) is 3.45. The molecule has 1 aliphatic rings. The predicted octanol–water partition coefficient (Wildman–Crippen LogP) is 3.38. The topological polar surface area (TPSA) is 38.7 Å². The Bertz CT molecular complexity index is 343. The van der Waals surface area contributed by atoms with Gasteiger partial charge in [-0.2, -0.15) is 4.89 Å². The number of rotatable bonds is 4. The Kier molecular flexibility index (Phi) is 4.40. The van der Waals surface area contributed by atoms with Gasteiger partial charge in [0.05, 0.1) is 0 Å². The van der Waals surface area contributed by atoms with Crippen LogP contribution in [0.3, 0.4) is 0 Å². The Morgan fingerprint density at radius 3 is 2.59 bits per heavy atom. The number of para-hydroxylation sites is 1. The highest BCUT2D eigenvalue weighted by Crippen LogP contribution is 2.37. The largest absolute Gasteiger partial charge is 0.365 e. The van der Waals surface area contributed by atoms with Crippen LogP contribution in [-0.2, 0) is 4.89 Å². The van der Waals surface area contributed by atoms with Crippen molar-refractivity contribution in [3.05, 3.63) is 29.8 Å². The zero-order chi connectivity index (χ0) is 12.1. The van der Waals surface area contributed by atoms with Crippen LogP contribution in [0.2, 0.25) is 0 Å². The molecule has 1 fully saturated rings. The van der Waals surface area contributed by atoms with E-state index in [9.17, 15) is 0 Å². The van der Waals surface area contributed by atoms with Crippen LogP contribution in [0.4, 0.5) is 0 Å². The van der Waals surface area contributed by atoms with Crippen molar-refractivity contribution < 1.29 is 14.9 Å². The van der Waals surface area contributed by atoms with Crippen molar-refractivity contribution >= 4 is 0 Å². The lowest BCUT2D eigenvalue weighted by molar-refractivity contribution is -0.299. The maximum Gasteiger partial charge on any atom is 0.197 e. The van der Waals surface area contributed by atoms with Crippen LogP contribution in [0.1, 0.15) is 50.5 Å². The van der Waals surface area contributed by atoms with Crippen molar-refractivity contribution in [1.82, 2.24) is 0 Å². The van der Waals surface area contributed by atoms with E-state index >= 15 is 0 Å². The Labute approximate surface area is 102 Å². The lowest BCUT2D eigenvalue weighted by Crippen LogP contribution is -2.12. The van der Waals surface area contributed by atoms with Crippen LogP contribution >= 0.6 is 0 Å². The average Bonchev–Trinajstić information content (AvgIpc) is 2.38. The van der Waals surface area contributed by atoms with Gasteiger partial charge in [0.15, 0.2) is 12.0 Å². The summed E-state index contributed by atoms with van der Waals surface area (Å²) in [6, 6.07) is 7.94. The molecule has 94 valence electrons. The minimum Gasteiger partial charge on any atom is -0.365 e. The molecule has 1 aliphatic carbocycles. The number of hydrogen-bond acceptors (Lipinski definition) is 3. The van der Waals surface area contributed by atoms with Crippen LogP contribution in [0.25, 0.3) is 0 Å². The molecular weight excluding hydrogens is 216 g/mol. The van der Waals surface area contributed by atoms with Gasteiger partial charge in [-0.1, -0.05) is 37.5 Å². The fourth-order valence-electron chi connectivity index (χ4n) is 2.43. The van der Waals surface area contributed by atoms with Gasteiger partial charge >= 0.3 is 0 Å². The molecule has 1 aromatic carbocycles. The quantitative estimate of drug-likeness (QED) is 0.495. The SMILES string of the molecule is CC(O)OOc1ccccc1C1CCCCC1. The summed E-state index contributed by atoms with van der Waals surface area (Å²) >= 11 is 0. The Balaban J connectivity index is 2.09. The number of aliphatic hydroxyl groups is 1. The highest BCUT2D eigenvalue weighted by Gasteiger charge is 2.19. The normalized spacial score (nSPS) is 18.9. The molecule has 1 N–H and O–H groups in total. The summed E-state index contributed by atoms with van der Waals surface area (Å²) in [5, 5.41) is 9.07. The second-order valence-corrected chi connectivity index (χ2v) is 4.65. The molecule has 0 aliphatic heterocycles. The lowest BCUT2D eigenvalue weighted by atomic mass is 9.84. The fraction of sp³-hybridized carbons (Fsp3) is 0.571. The first kappa shape index (κ1) is 12.4. The van der Waals surface area contributed by atoms with Crippen molar-refractivity contribution in [1.29, 1.82) is 0 Å². The summed E-state index contributed by atoms with van der Waals surface area (Å²) in [4.78, 5) is 10.0. The number of benzene rings is 1. The first-order valence-electron chi connectivity index (χ1n) is 6.37. The molecule has 1 saturated carbocycles. The van der Waals surface area contributed by atoms with Crippen molar-refractivity contribution in [2.75, 3.05) is 0 Å². The van der Waals surface area contributed by atoms with E-state index in [2.05, 4.69) is 6.07 Å². The molecule has 1 atom stereocenters. The van der Waals surface area contributed by atoms with Gasteiger partial charge in [-0.05, 0) is 31.7 Å². The summed E-state index contributed by atoms with van der Waals surface area (Å²) in [7, 11) is 0. The molecule has 0 amide bonds. The molecule has 0 saturated heterocycles. The van der Waals surface area contributed by atoms with Gasteiger partial charge in [0, 0.05) is 5.56 Å². The summed E-state index contributed by atoms with van der Waals surface area (Å²) in [6.07, 6.45) is 5.44. The molecule has 0 radical (unpaired) electrons. The Morgan fingerprint density at radius 1 is 1.18 bits per heavy atom. The molecule has 0 spiro atoms. The second-order valence-electron chi connectivity index (χ2n) is 4.65. The molecule has 0 aromatic heterocycles. The number of aliphatic hydroxyl groups excluding tert-OH is 1. The summed E-state index contributed by atoms with van der Waals surface area (Å²) in [6.45, 7) is 1.53.